The molecule has 0 spiro atoms. The monoisotopic (exact) mass is 420 g/mol. The van der Waals surface area contributed by atoms with Crippen LogP contribution in [0.5, 0.6) is 5.75 Å². The summed E-state index contributed by atoms with van der Waals surface area (Å²) in [5.74, 6) is 0.725. The van der Waals surface area contributed by atoms with E-state index in [-0.39, 0.29) is 11.9 Å². The second-order valence-electron chi connectivity index (χ2n) is 8.46. The van der Waals surface area contributed by atoms with Gasteiger partial charge in [-0.05, 0) is 68.6 Å². The Morgan fingerprint density at radius 1 is 1.13 bits per heavy atom. The third-order valence-electron chi connectivity index (χ3n) is 5.90. The Balaban J connectivity index is 1.26. The van der Waals surface area contributed by atoms with Gasteiger partial charge < -0.3 is 19.4 Å². The quantitative estimate of drug-likeness (QED) is 0.593. The highest BCUT2D eigenvalue weighted by molar-refractivity contribution is 5.94. The second-order valence-corrected chi connectivity index (χ2v) is 8.46. The van der Waals surface area contributed by atoms with Gasteiger partial charge in [-0.1, -0.05) is 19.4 Å². The zero-order valence-corrected chi connectivity index (χ0v) is 18.5. The summed E-state index contributed by atoms with van der Waals surface area (Å²) in [5.41, 5.74) is 3.64. The van der Waals surface area contributed by atoms with E-state index in [1.807, 2.05) is 53.2 Å². The van der Waals surface area contributed by atoms with Crippen LogP contribution in [0.15, 0.2) is 48.8 Å². The molecule has 1 aliphatic rings. The fraction of sp³-hybridized carbons (Fsp3) is 0.440. The topological polar surface area (TPSA) is 58.9 Å². The van der Waals surface area contributed by atoms with E-state index in [1.54, 1.807) is 0 Å². The molecule has 2 aromatic heterocycles. The molecule has 164 valence electrons. The van der Waals surface area contributed by atoms with Crippen molar-refractivity contribution < 1.29 is 9.53 Å². The van der Waals surface area contributed by atoms with Gasteiger partial charge in [0, 0.05) is 37.1 Å². The molecule has 6 heteroatoms. The van der Waals surface area contributed by atoms with E-state index in [0.29, 0.717) is 12.2 Å². The average molecular weight is 421 g/mol. The van der Waals surface area contributed by atoms with Gasteiger partial charge in [0.1, 0.15) is 18.0 Å². The van der Waals surface area contributed by atoms with Crippen molar-refractivity contribution in [3.8, 4) is 5.75 Å². The summed E-state index contributed by atoms with van der Waals surface area (Å²) in [5, 5.41) is 3.19. The van der Waals surface area contributed by atoms with Crippen LogP contribution in [-0.4, -0.2) is 45.9 Å². The van der Waals surface area contributed by atoms with Crippen LogP contribution in [0.2, 0.25) is 0 Å². The normalized spacial score (nSPS) is 15.3. The Labute approximate surface area is 184 Å². The van der Waals surface area contributed by atoms with Gasteiger partial charge in [-0.15, -0.1) is 0 Å². The standard InChI is InChI=1S/C25H32N4O2/c1-3-4-13-28-14-11-21(12-15-28)27-25(30)20-6-8-23(9-7-20)31-18-22-17-29-16-19(2)5-10-24(29)26-22/h5-10,16-17,21H,3-4,11-15,18H2,1-2H3,(H,27,30). The Morgan fingerprint density at radius 2 is 1.90 bits per heavy atom. The van der Waals surface area contributed by atoms with Gasteiger partial charge in [0.2, 0.25) is 0 Å². The van der Waals surface area contributed by atoms with E-state index in [9.17, 15) is 4.79 Å². The molecule has 31 heavy (non-hydrogen) atoms. The molecule has 1 amide bonds. The number of nitrogens with zero attached hydrogens (tertiary/aromatic N) is 3. The number of aromatic nitrogens is 2. The molecule has 0 bridgehead atoms. The number of benzene rings is 1. The Bertz CT molecular complexity index is 1000. The summed E-state index contributed by atoms with van der Waals surface area (Å²) in [6.45, 7) is 7.99. The zero-order chi connectivity index (χ0) is 21.6. The summed E-state index contributed by atoms with van der Waals surface area (Å²) in [6.07, 6.45) is 8.56. The van der Waals surface area contributed by atoms with Crippen molar-refractivity contribution in [3.63, 3.8) is 0 Å². The van der Waals surface area contributed by atoms with Crippen LogP contribution in [0.25, 0.3) is 5.65 Å². The molecule has 0 unspecified atom stereocenters. The first-order valence-corrected chi connectivity index (χ1v) is 11.3. The number of likely N-dealkylation sites (tertiary alicyclic amines) is 1. The highest BCUT2D eigenvalue weighted by atomic mass is 16.5. The zero-order valence-electron chi connectivity index (χ0n) is 18.5. The smallest absolute Gasteiger partial charge is 0.251 e. The number of ether oxygens (including phenoxy) is 1. The number of hydrogen-bond donors (Lipinski definition) is 1. The van der Waals surface area contributed by atoms with Crippen molar-refractivity contribution in [1.29, 1.82) is 0 Å². The lowest BCUT2D eigenvalue weighted by molar-refractivity contribution is 0.0910. The fourth-order valence-corrected chi connectivity index (χ4v) is 4.04. The molecule has 0 saturated carbocycles. The SMILES string of the molecule is CCCCN1CCC(NC(=O)c2ccc(OCc3cn4cc(C)ccc4n3)cc2)CC1. The first-order chi connectivity index (χ1) is 15.1. The van der Waals surface area contributed by atoms with Crippen molar-refractivity contribution in [2.75, 3.05) is 19.6 Å². The van der Waals surface area contributed by atoms with Crippen molar-refractivity contribution in [2.24, 2.45) is 0 Å². The van der Waals surface area contributed by atoms with Crippen LogP contribution in [0.1, 0.15) is 54.2 Å². The van der Waals surface area contributed by atoms with Gasteiger partial charge in [-0.25, -0.2) is 4.98 Å². The number of carbonyl (C=O) groups is 1. The van der Waals surface area contributed by atoms with Crippen LogP contribution >= 0.6 is 0 Å². The predicted octanol–water partition coefficient (Wildman–Crippen LogP) is 4.22. The second kappa shape index (κ2) is 9.96. The minimum Gasteiger partial charge on any atom is -0.487 e. The maximum absolute atomic E-state index is 12.6. The maximum Gasteiger partial charge on any atom is 0.251 e. The number of hydrogen-bond acceptors (Lipinski definition) is 4. The van der Waals surface area contributed by atoms with Gasteiger partial charge in [0.15, 0.2) is 0 Å². The van der Waals surface area contributed by atoms with Crippen LogP contribution in [0, 0.1) is 6.92 Å². The van der Waals surface area contributed by atoms with Crippen LogP contribution in [0.3, 0.4) is 0 Å². The number of carbonyl (C=O) groups excluding carboxylic acids is 1. The summed E-state index contributed by atoms with van der Waals surface area (Å²) >= 11 is 0. The van der Waals surface area contributed by atoms with Gasteiger partial charge in [-0.3, -0.25) is 4.79 Å². The number of rotatable bonds is 8. The predicted molar refractivity (Wildman–Crippen MR) is 123 cm³/mol. The lowest BCUT2D eigenvalue weighted by atomic mass is 10.0. The minimum absolute atomic E-state index is 0.00530. The Kier molecular flexibility index (Phi) is 6.87. The number of pyridine rings is 1. The Hall–Kier alpha value is -2.86. The molecule has 6 nitrogen and oxygen atoms in total. The maximum atomic E-state index is 12.6. The van der Waals surface area contributed by atoms with Gasteiger partial charge in [0.05, 0.1) is 5.69 Å². The van der Waals surface area contributed by atoms with E-state index >= 15 is 0 Å². The van der Waals surface area contributed by atoms with E-state index in [0.717, 1.165) is 43.0 Å². The molecule has 4 rings (SSSR count). The van der Waals surface area contributed by atoms with Crippen molar-refractivity contribution in [2.45, 2.75) is 52.2 Å². The van der Waals surface area contributed by atoms with Gasteiger partial charge in [0.25, 0.3) is 5.91 Å². The highest BCUT2D eigenvalue weighted by Gasteiger charge is 2.20. The largest absolute Gasteiger partial charge is 0.487 e. The molecule has 1 fully saturated rings. The van der Waals surface area contributed by atoms with Gasteiger partial charge >= 0.3 is 0 Å². The number of nitrogens with one attached hydrogen (secondary N) is 1. The third kappa shape index (κ3) is 5.64. The first-order valence-electron chi connectivity index (χ1n) is 11.3. The molecule has 1 aliphatic heterocycles. The highest BCUT2D eigenvalue weighted by Crippen LogP contribution is 2.16. The molecule has 1 N–H and O–H groups in total. The molecular weight excluding hydrogens is 388 g/mol. The molecule has 3 aromatic rings. The molecular formula is C25H32N4O2. The van der Waals surface area contributed by atoms with Crippen molar-refractivity contribution in [3.05, 3.63) is 65.6 Å². The van der Waals surface area contributed by atoms with Crippen LogP contribution in [0.4, 0.5) is 0 Å². The average Bonchev–Trinajstić information content (AvgIpc) is 3.19. The molecule has 1 aromatic carbocycles. The Morgan fingerprint density at radius 3 is 2.65 bits per heavy atom. The van der Waals surface area contributed by atoms with E-state index in [1.165, 1.54) is 24.9 Å². The van der Waals surface area contributed by atoms with E-state index in [4.69, 9.17) is 4.74 Å². The molecule has 0 radical (unpaired) electrons. The third-order valence-corrected chi connectivity index (χ3v) is 5.90. The fourth-order valence-electron chi connectivity index (χ4n) is 4.04. The minimum atomic E-state index is -0.00530. The summed E-state index contributed by atoms with van der Waals surface area (Å²) in [4.78, 5) is 19.7. The van der Waals surface area contributed by atoms with Gasteiger partial charge in [-0.2, -0.15) is 0 Å². The lowest BCUT2D eigenvalue weighted by Crippen LogP contribution is -2.44. The summed E-state index contributed by atoms with van der Waals surface area (Å²) in [6, 6.07) is 11.7. The van der Waals surface area contributed by atoms with Crippen molar-refractivity contribution in [1.82, 2.24) is 19.6 Å². The summed E-state index contributed by atoms with van der Waals surface area (Å²) < 4.78 is 7.88. The number of amides is 1. The van der Waals surface area contributed by atoms with Crippen molar-refractivity contribution >= 4 is 11.6 Å². The summed E-state index contributed by atoms with van der Waals surface area (Å²) in [7, 11) is 0. The lowest BCUT2D eigenvalue weighted by Gasteiger charge is -2.32. The van der Waals surface area contributed by atoms with E-state index < -0.39 is 0 Å². The molecule has 1 saturated heterocycles. The number of unbranched alkanes of at least 4 members (excludes halogenated alkanes) is 1. The molecule has 0 aliphatic carbocycles. The first kappa shape index (κ1) is 21.4. The number of aryl methyl sites for hydroxylation is 1. The number of piperidine rings is 1. The molecule has 0 atom stereocenters. The number of imidazole rings is 1. The molecule has 3 heterocycles. The van der Waals surface area contributed by atoms with Crippen LogP contribution in [-0.2, 0) is 6.61 Å². The van der Waals surface area contributed by atoms with Crippen LogP contribution < -0.4 is 10.1 Å². The number of fused-ring (bicyclic) bond motifs is 1. The van der Waals surface area contributed by atoms with E-state index in [2.05, 4.69) is 29.0 Å².